The maximum absolute atomic E-state index is 11.4. The number of ether oxygens (including phenoxy) is 1. The third-order valence-corrected chi connectivity index (χ3v) is 3.34. The van der Waals surface area contributed by atoms with Crippen LogP contribution in [0, 0.1) is 6.92 Å². The molecule has 0 aliphatic heterocycles. The van der Waals surface area contributed by atoms with Gasteiger partial charge in [0.15, 0.2) is 5.16 Å². The van der Waals surface area contributed by atoms with Gasteiger partial charge in [0.1, 0.15) is 5.75 Å². The van der Waals surface area contributed by atoms with Crippen molar-refractivity contribution < 1.29 is 4.74 Å². The summed E-state index contributed by atoms with van der Waals surface area (Å²) in [6.07, 6.45) is 0. The number of hydrogen-bond donors (Lipinski definition) is 2. The van der Waals surface area contributed by atoms with Crippen LogP contribution in [0.3, 0.4) is 0 Å². The van der Waals surface area contributed by atoms with E-state index in [1.807, 2.05) is 25.1 Å². The molecule has 0 aliphatic carbocycles. The molecule has 6 heteroatoms. The van der Waals surface area contributed by atoms with E-state index in [1.54, 1.807) is 6.92 Å². The van der Waals surface area contributed by atoms with Gasteiger partial charge in [-0.15, -0.1) is 0 Å². The summed E-state index contributed by atoms with van der Waals surface area (Å²) < 4.78 is 5.43. The van der Waals surface area contributed by atoms with Crippen LogP contribution in [-0.2, 0) is 0 Å². The standard InChI is InChI=1S/C13H15N3O2S/c1-3-18-9-5-4-6-10(12(9)14)19-13-15-8(2)7-11(17)16-13/h4-7H,3,14H2,1-2H3,(H,15,16,17). The molecule has 0 saturated heterocycles. The van der Waals surface area contributed by atoms with Crippen molar-refractivity contribution >= 4 is 17.4 Å². The first-order valence-corrected chi connectivity index (χ1v) is 6.69. The van der Waals surface area contributed by atoms with Crippen LogP contribution >= 0.6 is 11.8 Å². The zero-order valence-electron chi connectivity index (χ0n) is 10.8. The molecule has 0 saturated carbocycles. The zero-order valence-corrected chi connectivity index (χ0v) is 11.6. The lowest BCUT2D eigenvalue weighted by Crippen LogP contribution is -2.08. The number of benzene rings is 1. The highest BCUT2D eigenvalue weighted by atomic mass is 32.2. The summed E-state index contributed by atoms with van der Waals surface area (Å²) >= 11 is 1.31. The summed E-state index contributed by atoms with van der Waals surface area (Å²) in [5, 5.41) is 0.519. The Bertz CT molecular complexity index is 640. The van der Waals surface area contributed by atoms with Crippen LogP contribution in [-0.4, -0.2) is 16.6 Å². The fraction of sp³-hybridized carbons (Fsp3) is 0.231. The Labute approximate surface area is 115 Å². The number of nitrogen functional groups attached to an aromatic ring is 1. The molecule has 0 fully saturated rings. The fourth-order valence-electron chi connectivity index (χ4n) is 1.60. The second-order valence-electron chi connectivity index (χ2n) is 3.89. The quantitative estimate of drug-likeness (QED) is 0.661. The van der Waals surface area contributed by atoms with Crippen LogP contribution in [0.2, 0.25) is 0 Å². The second-order valence-corrected chi connectivity index (χ2v) is 4.93. The average molecular weight is 277 g/mol. The maximum atomic E-state index is 11.4. The minimum atomic E-state index is -0.172. The Morgan fingerprint density at radius 3 is 2.95 bits per heavy atom. The van der Waals surface area contributed by atoms with Gasteiger partial charge in [0.25, 0.3) is 5.56 Å². The molecule has 0 spiro atoms. The van der Waals surface area contributed by atoms with Gasteiger partial charge >= 0.3 is 0 Å². The number of H-pyrrole nitrogens is 1. The SMILES string of the molecule is CCOc1cccc(Sc2nc(C)cc(=O)[nH]2)c1N. The molecule has 1 heterocycles. The molecule has 0 amide bonds. The minimum absolute atomic E-state index is 0.172. The van der Waals surface area contributed by atoms with Gasteiger partial charge in [-0.2, -0.15) is 0 Å². The van der Waals surface area contributed by atoms with E-state index in [0.29, 0.717) is 28.9 Å². The summed E-state index contributed by atoms with van der Waals surface area (Å²) in [4.78, 5) is 19.1. The number of aryl methyl sites for hydroxylation is 1. The third kappa shape index (κ3) is 3.29. The number of anilines is 1. The van der Waals surface area contributed by atoms with E-state index in [1.165, 1.54) is 17.8 Å². The lowest BCUT2D eigenvalue weighted by atomic mass is 10.3. The first-order valence-electron chi connectivity index (χ1n) is 5.87. The molecule has 0 aliphatic rings. The zero-order chi connectivity index (χ0) is 13.8. The lowest BCUT2D eigenvalue weighted by molar-refractivity contribution is 0.341. The Morgan fingerprint density at radius 1 is 1.47 bits per heavy atom. The summed E-state index contributed by atoms with van der Waals surface area (Å²) in [5.74, 6) is 0.641. The van der Waals surface area contributed by atoms with Gasteiger partial charge in [0.2, 0.25) is 0 Å². The Kier molecular flexibility index (Phi) is 4.11. The summed E-state index contributed by atoms with van der Waals surface area (Å²) in [6.45, 7) is 4.23. The van der Waals surface area contributed by atoms with Crippen molar-refractivity contribution in [3.05, 3.63) is 40.3 Å². The van der Waals surface area contributed by atoms with E-state index in [0.717, 1.165) is 4.90 Å². The number of nitrogens with one attached hydrogen (secondary N) is 1. The van der Waals surface area contributed by atoms with E-state index >= 15 is 0 Å². The molecule has 1 aromatic carbocycles. The van der Waals surface area contributed by atoms with E-state index in [9.17, 15) is 4.79 Å². The highest BCUT2D eigenvalue weighted by molar-refractivity contribution is 7.99. The van der Waals surface area contributed by atoms with Crippen LogP contribution in [0.1, 0.15) is 12.6 Å². The lowest BCUT2D eigenvalue weighted by Gasteiger charge is -2.10. The predicted molar refractivity (Wildman–Crippen MR) is 75.7 cm³/mol. The van der Waals surface area contributed by atoms with Crippen molar-refractivity contribution in [2.75, 3.05) is 12.3 Å². The molecule has 100 valence electrons. The Hall–Kier alpha value is -1.95. The van der Waals surface area contributed by atoms with Crippen LogP contribution < -0.4 is 16.0 Å². The summed E-state index contributed by atoms with van der Waals surface area (Å²) in [5.41, 5.74) is 7.08. The molecule has 0 radical (unpaired) electrons. The number of nitrogens with zero attached hydrogens (tertiary/aromatic N) is 1. The second kappa shape index (κ2) is 5.79. The number of rotatable bonds is 4. The van der Waals surface area contributed by atoms with E-state index < -0.39 is 0 Å². The molecular weight excluding hydrogens is 262 g/mol. The van der Waals surface area contributed by atoms with Gasteiger partial charge in [-0.05, 0) is 37.7 Å². The monoisotopic (exact) mass is 277 g/mol. The predicted octanol–water partition coefficient (Wildman–Crippen LogP) is 2.21. The number of para-hydroxylation sites is 1. The molecule has 2 aromatic rings. The Balaban J connectivity index is 2.32. The molecule has 0 atom stereocenters. The van der Waals surface area contributed by atoms with Gasteiger partial charge in [-0.1, -0.05) is 6.07 Å². The van der Waals surface area contributed by atoms with Gasteiger partial charge in [-0.25, -0.2) is 4.98 Å². The van der Waals surface area contributed by atoms with Crippen LogP contribution in [0.15, 0.2) is 39.1 Å². The number of aromatic nitrogens is 2. The summed E-state index contributed by atoms with van der Waals surface area (Å²) in [6, 6.07) is 6.99. The summed E-state index contributed by atoms with van der Waals surface area (Å²) in [7, 11) is 0. The highest BCUT2D eigenvalue weighted by Gasteiger charge is 2.09. The smallest absolute Gasteiger partial charge is 0.251 e. The topological polar surface area (TPSA) is 81.0 Å². The van der Waals surface area contributed by atoms with Crippen molar-refractivity contribution in [3.63, 3.8) is 0 Å². The number of aromatic amines is 1. The molecule has 1 aromatic heterocycles. The normalized spacial score (nSPS) is 10.4. The first kappa shape index (κ1) is 13.5. The molecular formula is C13H15N3O2S. The van der Waals surface area contributed by atoms with Crippen LogP contribution in [0.4, 0.5) is 5.69 Å². The Morgan fingerprint density at radius 2 is 2.26 bits per heavy atom. The molecule has 5 nitrogen and oxygen atoms in total. The van der Waals surface area contributed by atoms with E-state index in [-0.39, 0.29) is 5.56 Å². The van der Waals surface area contributed by atoms with Crippen molar-refractivity contribution in [3.8, 4) is 5.75 Å². The molecule has 0 unspecified atom stereocenters. The highest BCUT2D eigenvalue weighted by Crippen LogP contribution is 2.35. The van der Waals surface area contributed by atoms with Gasteiger partial charge in [0, 0.05) is 16.7 Å². The van der Waals surface area contributed by atoms with Crippen molar-refractivity contribution in [2.45, 2.75) is 23.9 Å². The van der Waals surface area contributed by atoms with E-state index in [2.05, 4.69) is 9.97 Å². The van der Waals surface area contributed by atoms with Crippen molar-refractivity contribution in [1.29, 1.82) is 0 Å². The van der Waals surface area contributed by atoms with Crippen molar-refractivity contribution in [2.24, 2.45) is 0 Å². The number of hydrogen-bond acceptors (Lipinski definition) is 5. The average Bonchev–Trinajstić information content (AvgIpc) is 2.33. The van der Waals surface area contributed by atoms with Crippen LogP contribution in [0.5, 0.6) is 5.75 Å². The minimum Gasteiger partial charge on any atom is -0.492 e. The van der Waals surface area contributed by atoms with Crippen LogP contribution in [0.25, 0.3) is 0 Å². The maximum Gasteiger partial charge on any atom is 0.251 e. The van der Waals surface area contributed by atoms with E-state index in [4.69, 9.17) is 10.5 Å². The first-order chi connectivity index (χ1) is 9.10. The van der Waals surface area contributed by atoms with Gasteiger partial charge in [0.05, 0.1) is 12.3 Å². The molecule has 0 bridgehead atoms. The fourth-order valence-corrected chi connectivity index (χ4v) is 2.51. The largest absolute Gasteiger partial charge is 0.492 e. The molecule has 19 heavy (non-hydrogen) atoms. The van der Waals surface area contributed by atoms with Crippen molar-refractivity contribution in [1.82, 2.24) is 9.97 Å². The van der Waals surface area contributed by atoms with Gasteiger partial charge in [-0.3, -0.25) is 4.79 Å². The molecule has 3 N–H and O–H groups in total. The number of nitrogens with two attached hydrogens (primary N) is 1. The molecule has 2 rings (SSSR count). The third-order valence-electron chi connectivity index (χ3n) is 2.38. The van der Waals surface area contributed by atoms with Gasteiger partial charge < -0.3 is 15.5 Å².